The highest BCUT2D eigenvalue weighted by Crippen LogP contribution is 2.23. The first-order valence-corrected chi connectivity index (χ1v) is 6.53. The van der Waals surface area contributed by atoms with Crippen LogP contribution in [0, 0.1) is 5.92 Å². The molecule has 0 fully saturated rings. The van der Waals surface area contributed by atoms with Gasteiger partial charge in [0.25, 0.3) is 0 Å². The first-order valence-electron chi connectivity index (χ1n) is 5.74. The number of allylic oxidation sites excluding steroid dienone is 5. The Morgan fingerprint density at radius 3 is 2.76 bits per heavy atom. The van der Waals surface area contributed by atoms with Gasteiger partial charge in [-0.25, -0.2) is 0 Å². The molecule has 0 bridgehead atoms. The monoisotopic (exact) mass is 302 g/mol. The number of aliphatic hydroxyl groups is 1. The molecule has 1 unspecified atom stereocenters. The molecule has 0 saturated carbocycles. The molecule has 1 rings (SSSR count). The van der Waals surface area contributed by atoms with E-state index in [9.17, 15) is 9.90 Å². The van der Waals surface area contributed by atoms with Crippen LogP contribution in [0.15, 0.2) is 34.5 Å². The van der Waals surface area contributed by atoms with Gasteiger partial charge in [0.2, 0.25) is 0 Å². The molecule has 0 radical (unpaired) electrons. The second kappa shape index (κ2) is 9.05. The molecular weight excluding hydrogens is 284 g/mol. The van der Waals surface area contributed by atoms with E-state index in [0.29, 0.717) is 17.5 Å². The van der Waals surface area contributed by atoms with Gasteiger partial charge in [0.1, 0.15) is 5.76 Å². The Morgan fingerprint density at radius 2 is 2.18 bits per heavy atom. The fraction of sp³-hybridized carbons (Fsp3) is 0.462. The third-order valence-electron chi connectivity index (χ3n) is 1.93. The topological polar surface area (TPSA) is 46.5 Å². The normalized spacial score (nSPS) is 18.2. The average Bonchev–Trinajstić information content (AvgIpc) is 2.45. The van der Waals surface area contributed by atoms with E-state index in [-0.39, 0.29) is 17.6 Å². The lowest BCUT2D eigenvalue weighted by Gasteiger charge is -2.06. The highest BCUT2D eigenvalue weighted by molar-refractivity contribution is 9.11. The van der Waals surface area contributed by atoms with E-state index in [4.69, 9.17) is 4.74 Å². The van der Waals surface area contributed by atoms with Crippen molar-refractivity contribution in [3.63, 3.8) is 0 Å². The fourth-order valence-electron chi connectivity index (χ4n) is 1.24. The van der Waals surface area contributed by atoms with Gasteiger partial charge in [-0.1, -0.05) is 32.1 Å². The van der Waals surface area contributed by atoms with Gasteiger partial charge in [-0.05, 0) is 28.9 Å². The minimum absolute atomic E-state index is 0.0423. The van der Waals surface area contributed by atoms with Crippen molar-refractivity contribution in [2.24, 2.45) is 5.92 Å². The SMILES string of the molecule is CC.CCOC(=O)CC1C=CC=C(O)C(Br)=C1. The Labute approximate surface area is 111 Å². The van der Waals surface area contributed by atoms with E-state index < -0.39 is 0 Å². The minimum atomic E-state index is -0.231. The third-order valence-corrected chi connectivity index (χ3v) is 2.60. The van der Waals surface area contributed by atoms with Crippen LogP contribution < -0.4 is 0 Å². The molecule has 0 aliphatic heterocycles. The van der Waals surface area contributed by atoms with Crippen LogP contribution >= 0.6 is 15.9 Å². The molecule has 1 N–H and O–H groups in total. The van der Waals surface area contributed by atoms with Gasteiger partial charge in [-0.3, -0.25) is 4.79 Å². The number of halogens is 1. The second-order valence-electron chi connectivity index (χ2n) is 3.12. The van der Waals surface area contributed by atoms with Crippen molar-refractivity contribution in [3.05, 3.63) is 34.5 Å². The smallest absolute Gasteiger partial charge is 0.306 e. The van der Waals surface area contributed by atoms with E-state index in [1.54, 1.807) is 25.2 Å². The van der Waals surface area contributed by atoms with Crippen molar-refractivity contribution in [1.29, 1.82) is 0 Å². The van der Waals surface area contributed by atoms with Crippen molar-refractivity contribution in [3.8, 4) is 0 Å². The maximum absolute atomic E-state index is 11.2. The van der Waals surface area contributed by atoms with Crippen LogP contribution in [0.1, 0.15) is 27.2 Å². The molecule has 1 aliphatic carbocycles. The number of esters is 1. The molecule has 4 heteroatoms. The molecule has 1 atom stereocenters. The zero-order valence-corrected chi connectivity index (χ0v) is 12.0. The lowest BCUT2D eigenvalue weighted by atomic mass is 10.1. The summed E-state index contributed by atoms with van der Waals surface area (Å²) in [7, 11) is 0. The summed E-state index contributed by atoms with van der Waals surface area (Å²) in [6.45, 7) is 6.17. The van der Waals surface area contributed by atoms with Crippen molar-refractivity contribution < 1.29 is 14.6 Å². The number of carbonyl (C=O) groups is 1. The van der Waals surface area contributed by atoms with Crippen molar-refractivity contribution in [2.75, 3.05) is 6.61 Å². The highest BCUT2D eigenvalue weighted by atomic mass is 79.9. The molecule has 0 saturated heterocycles. The summed E-state index contributed by atoms with van der Waals surface area (Å²) in [6, 6.07) is 0. The first-order chi connectivity index (χ1) is 8.13. The fourth-order valence-corrected chi connectivity index (χ4v) is 1.71. The van der Waals surface area contributed by atoms with Crippen LogP contribution in [0.4, 0.5) is 0 Å². The molecular formula is C13H19BrO3. The van der Waals surface area contributed by atoms with E-state index in [1.165, 1.54) is 0 Å². The van der Waals surface area contributed by atoms with Crippen LogP contribution in [-0.4, -0.2) is 17.7 Å². The Kier molecular flexibility index (Phi) is 8.50. The van der Waals surface area contributed by atoms with E-state index in [2.05, 4.69) is 15.9 Å². The van der Waals surface area contributed by atoms with Crippen LogP contribution in [0.5, 0.6) is 0 Å². The number of ether oxygens (including phenoxy) is 1. The zero-order valence-electron chi connectivity index (χ0n) is 10.4. The number of hydrogen-bond acceptors (Lipinski definition) is 3. The standard InChI is InChI=1S/C11H13BrO3.C2H6/c1-2-15-11(14)7-8-4-3-5-10(13)9(12)6-8;1-2/h3-6,8,13H,2,7H2,1H3;1-2H3. The van der Waals surface area contributed by atoms with E-state index in [1.807, 2.05) is 19.9 Å². The molecule has 1 aliphatic rings. The zero-order chi connectivity index (χ0) is 13.3. The van der Waals surface area contributed by atoms with Crippen molar-refractivity contribution in [2.45, 2.75) is 27.2 Å². The Balaban J connectivity index is 0.00000121. The van der Waals surface area contributed by atoms with Gasteiger partial charge in [-0.2, -0.15) is 0 Å². The Bertz CT molecular complexity index is 330. The summed E-state index contributed by atoms with van der Waals surface area (Å²) in [6.07, 6.45) is 7.23. The van der Waals surface area contributed by atoms with Crippen LogP contribution in [0.2, 0.25) is 0 Å². The predicted molar refractivity (Wildman–Crippen MR) is 72.9 cm³/mol. The molecule has 0 aromatic rings. The summed E-state index contributed by atoms with van der Waals surface area (Å²) in [5.41, 5.74) is 0. The van der Waals surface area contributed by atoms with Crippen LogP contribution in [0.25, 0.3) is 0 Å². The van der Waals surface area contributed by atoms with Crippen LogP contribution in [-0.2, 0) is 9.53 Å². The highest BCUT2D eigenvalue weighted by Gasteiger charge is 2.13. The lowest BCUT2D eigenvalue weighted by molar-refractivity contribution is -0.143. The minimum Gasteiger partial charge on any atom is -0.507 e. The second-order valence-corrected chi connectivity index (χ2v) is 3.98. The molecule has 96 valence electrons. The Morgan fingerprint density at radius 1 is 1.53 bits per heavy atom. The quantitative estimate of drug-likeness (QED) is 0.805. The molecule has 0 spiro atoms. The Hall–Kier alpha value is -1.03. The van der Waals surface area contributed by atoms with Gasteiger partial charge in [0, 0.05) is 5.92 Å². The lowest BCUT2D eigenvalue weighted by Crippen LogP contribution is -2.08. The van der Waals surface area contributed by atoms with Gasteiger partial charge >= 0.3 is 5.97 Å². The molecule has 0 aromatic carbocycles. The number of aliphatic hydroxyl groups excluding tert-OH is 1. The number of rotatable bonds is 3. The molecule has 0 amide bonds. The molecule has 0 heterocycles. The van der Waals surface area contributed by atoms with Crippen molar-refractivity contribution in [1.82, 2.24) is 0 Å². The van der Waals surface area contributed by atoms with Gasteiger partial charge in [0.05, 0.1) is 17.5 Å². The average molecular weight is 303 g/mol. The number of hydrogen-bond donors (Lipinski definition) is 1. The van der Waals surface area contributed by atoms with E-state index >= 15 is 0 Å². The summed E-state index contributed by atoms with van der Waals surface area (Å²) >= 11 is 3.22. The van der Waals surface area contributed by atoms with Crippen LogP contribution in [0.3, 0.4) is 0 Å². The summed E-state index contributed by atoms with van der Waals surface area (Å²) in [4.78, 5) is 11.2. The molecule has 3 nitrogen and oxygen atoms in total. The van der Waals surface area contributed by atoms with Gasteiger partial charge < -0.3 is 9.84 Å². The van der Waals surface area contributed by atoms with E-state index in [0.717, 1.165) is 0 Å². The maximum Gasteiger partial charge on any atom is 0.306 e. The maximum atomic E-state index is 11.2. The largest absolute Gasteiger partial charge is 0.507 e. The third kappa shape index (κ3) is 6.31. The van der Waals surface area contributed by atoms with Gasteiger partial charge in [-0.15, -0.1) is 0 Å². The molecule has 0 aromatic heterocycles. The first kappa shape index (κ1) is 16.0. The summed E-state index contributed by atoms with van der Waals surface area (Å²) in [5.74, 6) is -0.109. The summed E-state index contributed by atoms with van der Waals surface area (Å²) in [5, 5.41) is 9.39. The van der Waals surface area contributed by atoms with Gasteiger partial charge in [0.15, 0.2) is 0 Å². The van der Waals surface area contributed by atoms with Crippen molar-refractivity contribution >= 4 is 21.9 Å². The predicted octanol–water partition coefficient (Wildman–Crippen LogP) is 3.87. The number of carbonyl (C=O) groups excluding carboxylic acids is 1. The molecule has 17 heavy (non-hydrogen) atoms. The summed E-state index contributed by atoms with van der Waals surface area (Å²) < 4.78 is 5.45.